The SMILES string of the molecule is COc1ccccc1CCC(N)C1CC1. The Kier molecular flexibility index (Phi) is 3.27. The Hall–Kier alpha value is -1.02. The Bertz CT molecular complexity index is 320. The van der Waals surface area contributed by atoms with Crippen LogP contribution in [0.5, 0.6) is 5.75 Å². The smallest absolute Gasteiger partial charge is 0.122 e. The molecule has 0 heterocycles. The van der Waals surface area contributed by atoms with Crippen LogP contribution in [0.15, 0.2) is 24.3 Å². The molecule has 0 aliphatic heterocycles. The molecule has 1 atom stereocenters. The molecule has 82 valence electrons. The summed E-state index contributed by atoms with van der Waals surface area (Å²) in [4.78, 5) is 0. The van der Waals surface area contributed by atoms with Gasteiger partial charge in [-0.3, -0.25) is 0 Å². The predicted molar refractivity (Wildman–Crippen MR) is 62.0 cm³/mol. The molecule has 15 heavy (non-hydrogen) atoms. The van der Waals surface area contributed by atoms with Gasteiger partial charge in [0.15, 0.2) is 0 Å². The van der Waals surface area contributed by atoms with Crippen molar-refractivity contribution in [2.24, 2.45) is 11.7 Å². The summed E-state index contributed by atoms with van der Waals surface area (Å²) >= 11 is 0. The van der Waals surface area contributed by atoms with E-state index in [0.717, 1.165) is 24.5 Å². The Morgan fingerprint density at radius 1 is 1.40 bits per heavy atom. The Morgan fingerprint density at radius 2 is 2.13 bits per heavy atom. The second-order valence-electron chi connectivity index (χ2n) is 4.35. The molecule has 2 nitrogen and oxygen atoms in total. The van der Waals surface area contributed by atoms with E-state index in [1.165, 1.54) is 18.4 Å². The van der Waals surface area contributed by atoms with Gasteiger partial charge in [-0.05, 0) is 43.2 Å². The summed E-state index contributed by atoms with van der Waals surface area (Å²) in [7, 11) is 1.72. The third-order valence-electron chi connectivity index (χ3n) is 3.17. The van der Waals surface area contributed by atoms with E-state index in [2.05, 4.69) is 12.1 Å². The first-order valence-corrected chi connectivity index (χ1v) is 5.68. The summed E-state index contributed by atoms with van der Waals surface area (Å²) in [5, 5.41) is 0. The third kappa shape index (κ3) is 2.72. The van der Waals surface area contributed by atoms with Crippen molar-refractivity contribution in [2.75, 3.05) is 7.11 Å². The summed E-state index contributed by atoms with van der Waals surface area (Å²) in [6.07, 6.45) is 4.76. The molecule has 1 aliphatic carbocycles. The molecule has 1 unspecified atom stereocenters. The van der Waals surface area contributed by atoms with Crippen LogP contribution in [0.4, 0.5) is 0 Å². The summed E-state index contributed by atoms with van der Waals surface area (Å²) in [6, 6.07) is 8.58. The van der Waals surface area contributed by atoms with E-state index in [4.69, 9.17) is 10.5 Å². The van der Waals surface area contributed by atoms with Crippen molar-refractivity contribution < 1.29 is 4.74 Å². The van der Waals surface area contributed by atoms with Crippen LogP contribution in [0.1, 0.15) is 24.8 Å². The van der Waals surface area contributed by atoms with Gasteiger partial charge in [0, 0.05) is 6.04 Å². The number of hydrogen-bond donors (Lipinski definition) is 1. The van der Waals surface area contributed by atoms with Crippen LogP contribution < -0.4 is 10.5 Å². The van der Waals surface area contributed by atoms with Crippen LogP contribution >= 0.6 is 0 Å². The quantitative estimate of drug-likeness (QED) is 0.801. The normalized spacial score (nSPS) is 17.5. The minimum absolute atomic E-state index is 0.384. The second kappa shape index (κ2) is 4.67. The molecule has 0 spiro atoms. The second-order valence-corrected chi connectivity index (χ2v) is 4.35. The Morgan fingerprint density at radius 3 is 2.80 bits per heavy atom. The van der Waals surface area contributed by atoms with Gasteiger partial charge in [-0.2, -0.15) is 0 Å². The molecule has 1 saturated carbocycles. The fourth-order valence-corrected chi connectivity index (χ4v) is 1.99. The van der Waals surface area contributed by atoms with Gasteiger partial charge in [-0.1, -0.05) is 18.2 Å². The lowest BCUT2D eigenvalue weighted by molar-refractivity contribution is 0.407. The molecule has 2 rings (SSSR count). The Balaban J connectivity index is 1.91. The number of methoxy groups -OCH3 is 1. The van der Waals surface area contributed by atoms with Gasteiger partial charge in [0.25, 0.3) is 0 Å². The van der Waals surface area contributed by atoms with Crippen LogP contribution in [-0.2, 0) is 6.42 Å². The zero-order valence-corrected chi connectivity index (χ0v) is 9.28. The molecule has 1 aromatic rings. The van der Waals surface area contributed by atoms with E-state index in [1.54, 1.807) is 7.11 Å². The molecular weight excluding hydrogens is 186 g/mol. The number of ether oxygens (including phenoxy) is 1. The number of hydrogen-bond acceptors (Lipinski definition) is 2. The number of para-hydroxylation sites is 1. The topological polar surface area (TPSA) is 35.2 Å². The average molecular weight is 205 g/mol. The van der Waals surface area contributed by atoms with E-state index >= 15 is 0 Å². The minimum Gasteiger partial charge on any atom is -0.496 e. The molecule has 1 fully saturated rings. The van der Waals surface area contributed by atoms with Crippen molar-refractivity contribution >= 4 is 0 Å². The summed E-state index contributed by atoms with van der Waals surface area (Å²) in [5.74, 6) is 1.78. The number of rotatable bonds is 5. The maximum absolute atomic E-state index is 6.08. The van der Waals surface area contributed by atoms with Gasteiger partial charge >= 0.3 is 0 Å². The largest absolute Gasteiger partial charge is 0.496 e. The van der Waals surface area contributed by atoms with Crippen molar-refractivity contribution in [3.8, 4) is 5.75 Å². The van der Waals surface area contributed by atoms with Gasteiger partial charge < -0.3 is 10.5 Å². The standard InChI is InChI=1S/C13H19NO/c1-15-13-5-3-2-4-11(13)8-9-12(14)10-6-7-10/h2-5,10,12H,6-9,14H2,1H3. The van der Waals surface area contributed by atoms with Crippen LogP contribution in [0.25, 0.3) is 0 Å². The van der Waals surface area contributed by atoms with Crippen molar-refractivity contribution in [3.05, 3.63) is 29.8 Å². The molecule has 0 radical (unpaired) electrons. The zero-order valence-electron chi connectivity index (χ0n) is 9.28. The highest BCUT2D eigenvalue weighted by atomic mass is 16.5. The maximum atomic E-state index is 6.08. The molecular formula is C13H19NO. The van der Waals surface area contributed by atoms with Crippen molar-refractivity contribution in [1.29, 1.82) is 0 Å². The fourth-order valence-electron chi connectivity index (χ4n) is 1.99. The van der Waals surface area contributed by atoms with Crippen molar-refractivity contribution in [2.45, 2.75) is 31.7 Å². The van der Waals surface area contributed by atoms with Crippen LogP contribution in [0, 0.1) is 5.92 Å². The van der Waals surface area contributed by atoms with Gasteiger partial charge in [0.2, 0.25) is 0 Å². The molecule has 0 saturated heterocycles. The van der Waals surface area contributed by atoms with Crippen molar-refractivity contribution in [3.63, 3.8) is 0 Å². The molecule has 2 heteroatoms. The van der Waals surface area contributed by atoms with E-state index in [1.807, 2.05) is 12.1 Å². The van der Waals surface area contributed by atoms with Crippen LogP contribution in [0.3, 0.4) is 0 Å². The first kappa shape index (κ1) is 10.5. The number of benzene rings is 1. The van der Waals surface area contributed by atoms with Crippen molar-refractivity contribution in [1.82, 2.24) is 0 Å². The highest BCUT2D eigenvalue weighted by Crippen LogP contribution is 2.33. The van der Waals surface area contributed by atoms with E-state index in [9.17, 15) is 0 Å². The molecule has 2 N–H and O–H groups in total. The summed E-state index contributed by atoms with van der Waals surface area (Å²) < 4.78 is 5.31. The summed E-state index contributed by atoms with van der Waals surface area (Å²) in [5.41, 5.74) is 7.35. The lowest BCUT2D eigenvalue weighted by Gasteiger charge is -2.12. The van der Waals surface area contributed by atoms with Gasteiger partial charge in [-0.15, -0.1) is 0 Å². The lowest BCUT2D eigenvalue weighted by Crippen LogP contribution is -2.22. The zero-order chi connectivity index (χ0) is 10.7. The first-order valence-electron chi connectivity index (χ1n) is 5.68. The average Bonchev–Trinajstić information content (AvgIpc) is 3.10. The van der Waals surface area contributed by atoms with E-state index < -0.39 is 0 Å². The minimum atomic E-state index is 0.384. The first-order chi connectivity index (χ1) is 7.31. The van der Waals surface area contributed by atoms with Gasteiger partial charge in [0.1, 0.15) is 5.75 Å². The lowest BCUT2D eigenvalue weighted by atomic mass is 10.0. The number of nitrogens with two attached hydrogens (primary N) is 1. The molecule has 0 amide bonds. The predicted octanol–water partition coefficient (Wildman–Crippen LogP) is 2.37. The number of aryl methyl sites for hydroxylation is 1. The molecule has 1 aromatic carbocycles. The van der Waals surface area contributed by atoms with E-state index in [-0.39, 0.29) is 0 Å². The fraction of sp³-hybridized carbons (Fsp3) is 0.538. The van der Waals surface area contributed by atoms with E-state index in [0.29, 0.717) is 6.04 Å². The summed E-state index contributed by atoms with van der Waals surface area (Å²) in [6.45, 7) is 0. The van der Waals surface area contributed by atoms with Crippen LogP contribution in [-0.4, -0.2) is 13.2 Å². The van der Waals surface area contributed by atoms with Gasteiger partial charge in [-0.25, -0.2) is 0 Å². The molecule has 1 aliphatic rings. The highest BCUT2D eigenvalue weighted by Gasteiger charge is 2.27. The highest BCUT2D eigenvalue weighted by molar-refractivity contribution is 5.33. The molecule has 0 bridgehead atoms. The van der Waals surface area contributed by atoms with Gasteiger partial charge in [0.05, 0.1) is 7.11 Å². The third-order valence-corrected chi connectivity index (χ3v) is 3.17. The molecule has 0 aromatic heterocycles. The monoisotopic (exact) mass is 205 g/mol. The Labute approximate surface area is 91.4 Å². The van der Waals surface area contributed by atoms with Crippen LogP contribution in [0.2, 0.25) is 0 Å². The maximum Gasteiger partial charge on any atom is 0.122 e.